The van der Waals surface area contributed by atoms with E-state index in [1.807, 2.05) is 0 Å². The number of likely N-dealkylation sites (tertiary alicyclic amines) is 1. The molecule has 0 spiro atoms. The molecule has 0 aliphatic carbocycles. The van der Waals surface area contributed by atoms with Crippen LogP contribution in [0.15, 0.2) is 18.2 Å². The third-order valence-electron chi connectivity index (χ3n) is 3.52. The number of hydrogen-bond acceptors (Lipinski definition) is 5. The van der Waals surface area contributed by atoms with Crippen molar-refractivity contribution in [1.29, 1.82) is 0 Å². The van der Waals surface area contributed by atoms with Crippen LogP contribution < -0.4 is 9.47 Å². The van der Waals surface area contributed by atoms with E-state index in [-0.39, 0.29) is 25.2 Å². The maximum Gasteiger partial charge on any atom is 0.231 e. The number of rotatable bonds is 3. The molecule has 2 aliphatic heterocycles. The Labute approximate surface area is 115 Å². The van der Waals surface area contributed by atoms with Crippen molar-refractivity contribution >= 4 is 11.8 Å². The predicted molar refractivity (Wildman–Crippen MR) is 68.1 cm³/mol. The number of hydrogen-bond donors (Lipinski definition) is 1. The summed E-state index contributed by atoms with van der Waals surface area (Å²) >= 11 is 0. The first kappa shape index (κ1) is 12.9. The molecule has 0 radical (unpaired) electrons. The lowest BCUT2D eigenvalue weighted by molar-refractivity contribution is -0.149. The number of carbonyl (C=O) groups excluding carboxylic acids is 2. The molecule has 1 unspecified atom stereocenters. The van der Waals surface area contributed by atoms with Crippen molar-refractivity contribution in [3.63, 3.8) is 0 Å². The molecule has 1 atom stereocenters. The average Bonchev–Trinajstić information content (AvgIpc) is 2.90. The third kappa shape index (κ3) is 2.34. The highest BCUT2D eigenvalue weighted by molar-refractivity contribution is 5.97. The first-order valence-corrected chi connectivity index (χ1v) is 6.56. The first-order valence-electron chi connectivity index (χ1n) is 6.56. The van der Waals surface area contributed by atoms with Gasteiger partial charge in [0.15, 0.2) is 11.5 Å². The van der Waals surface area contributed by atoms with Crippen LogP contribution in [0.25, 0.3) is 0 Å². The molecule has 1 aromatic rings. The molecule has 20 heavy (non-hydrogen) atoms. The zero-order chi connectivity index (χ0) is 14.1. The second-order valence-corrected chi connectivity index (χ2v) is 4.88. The minimum atomic E-state index is -0.921. The number of benzene rings is 1. The van der Waals surface area contributed by atoms with E-state index >= 15 is 0 Å². The van der Waals surface area contributed by atoms with Crippen molar-refractivity contribution in [1.82, 2.24) is 4.90 Å². The van der Waals surface area contributed by atoms with Crippen molar-refractivity contribution in [2.45, 2.75) is 25.4 Å². The molecule has 3 rings (SSSR count). The third-order valence-corrected chi connectivity index (χ3v) is 3.52. The molecule has 1 aromatic carbocycles. The van der Waals surface area contributed by atoms with Gasteiger partial charge in [-0.2, -0.15) is 0 Å². The number of fused-ring (bicyclic) bond motifs is 1. The first-order chi connectivity index (χ1) is 9.65. The van der Waals surface area contributed by atoms with Gasteiger partial charge in [0.2, 0.25) is 18.6 Å². The van der Waals surface area contributed by atoms with Gasteiger partial charge in [0.1, 0.15) is 0 Å². The highest BCUT2D eigenvalue weighted by atomic mass is 16.7. The minimum Gasteiger partial charge on any atom is -0.454 e. The van der Waals surface area contributed by atoms with Crippen LogP contribution in [0.3, 0.4) is 0 Å². The quantitative estimate of drug-likeness (QED) is 0.834. The Balaban J connectivity index is 1.74. The SMILES string of the molecule is O=C1CCCC(=O)N1CC(O)c1ccc2c(c1)OCO2. The van der Waals surface area contributed by atoms with Crippen molar-refractivity contribution in [2.75, 3.05) is 13.3 Å². The number of aliphatic hydroxyl groups is 1. The number of ether oxygens (including phenoxy) is 2. The summed E-state index contributed by atoms with van der Waals surface area (Å²) in [7, 11) is 0. The molecule has 2 amide bonds. The summed E-state index contributed by atoms with van der Waals surface area (Å²) < 4.78 is 10.4. The molecule has 6 nitrogen and oxygen atoms in total. The van der Waals surface area contributed by atoms with Gasteiger partial charge in [0, 0.05) is 12.8 Å². The van der Waals surface area contributed by atoms with Crippen molar-refractivity contribution in [2.24, 2.45) is 0 Å². The summed E-state index contributed by atoms with van der Waals surface area (Å²) in [5.41, 5.74) is 0.598. The largest absolute Gasteiger partial charge is 0.454 e. The highest BCUT2D eigenvalue weighted by Crippen LogP contribution is 2.34. The fourth-order valence-corrected chi connectivity index (χ4v) is 2.40. The summed E-state index contributed by atoms with van der Waals surface area (Å²) in [6.45, 7) is 0.148. The number of amides is 2. The second-order valence-electron chi connectivity index (χ2n) is 4.88. The van der Waals surface area contributed by atoms with Crippen molar-refractivity contribution < 1.29 is 24.2 Å². The van der Waals surface area contributed by atoms with Crippen molar-refractivity contribution in [3.8, 4) is 11.5 Å². The molecule has 6 heteroatoms. The van der Waals surface area contributed by atoms with E-state index in [0.717, 1.165) is 4.90 Å². The Morgan fingerprint density at radius 3 is 2.60 bits per heavy atom. The van der Waals surface area contributed by atoms with E-state index in [1.54, 1.807) is 18.2 Å². The van der Waals surface area contributed by atoms with Gasteiger partial charge in [0.05, 0.1) is 12.6 Å². The summed E-state index contributed by atoms with van der Waals surface area (Å²) in [5, 5.41) is 10.2. The lowest BCUT2D eigenvalue weighted by Gasteiger charge is -2.27. The molecule has 1 N–H and O–H groups in total. The van der Waals surface area contributed by atoms with E-state index in [2.05, 4.69) is 0 Å². The zero-order valence-corrected chi connectivity index (χ0v) is 10.9. The Morgan fingerprint density at radius 2 is 1.85 bits per heavy atom. The number of carbonyl (C=O) groups is 2. The van der Waals surface area contributed by atoms with Crippen LogP contribution in [0.4, 0.5) is 0 Å². The molecule has 1 saturated heterocycles. The average molecular weight is 277 g/mol. The Bertz CT molecular complexity index is 540. The van der Waals surface area contributed by atoms with Crippen LogP contribution in [-0.2, 0) is 9.59 Å². The van der Waals surface area contributed by atoms with Crippen LogP contribution in [0.5, 0.6) is 11.5 Å². The van der Waals surface area contributed by atoms with E-state index in [4.69, 9.17) is 9.47 Å². The van der Waals surface area contributed by atoms with Gasteiger partial charge in [-0.1, -0.05) is 6.07 Å². The van der Waals surface area contributed by atoms with E-state index in [1.165, 1.54) is 0 Å². The number of aliphatic hydroxyl groups excluding tert-OH is 1. The van der Waals surface area contributed by atoms with Gasteiger partial charge in [-0.05, 0) is 24.1 Å². The molecule has 0 saturated carbocycles. The lowest BCUT2D eigenvalue weighted by atomic mass is 10.1. The van der Waals surface area contributed by atoms with Gasteiger partial charge in [0.25, 0.3) is 0 Å². The van der Waals surface area contributed by atoms with Crippen LogP contribution in [0.2, 0.25) is 0 Å². The van der Waals surface area contributed by atoms with E-state index < -0.39 is 6.10 Å². The van der Waals surface area contributed by atoms with Crippen LogP contribution >= 0.6 is 0 Å². The normalized spacial score (nSPS) is 19.4. The molecular weight excluding hydrogens is 262 g/mol. The summed E-state index contributed by atoms with van der Waals surface area (Å²) in [6.07, 6.45) is 0.392. The Kier molecular flexibility index (Phi) is 3.31. The number of β-amino-alcohol motifs (C(OH)–C–C–N with tert-alkyl or cyclic N) is 1. The van der Waals surface area contributed by atoms with Gasteiger partial charge < -0.3 is 14.6 Å². The Hall–Kier alpha value is -2.08. The van der Waals surface area contributed by atoms with E-state index in [0.29, 0.717) is 36.3 Å². The van der Waals surface area contributed by atoms with Gasteiger partial charge in [-0.3, -0.25) is 14.5 Å². The molecule has 2 aliphatic rings. The standard InChI is InChI=1S/C14H15NO5/c16-10(7-15-13(17)2-1-3-14(15)18)9-4-5-11-12(6-9)20-8-19-11/h4-6,10,16H,1-3,7-8H2. The molecule has 0 bridgehead atoms. The topological polar surface area (TPSA) is 76.1 Å². The van der Waals surface area contributed by atoms with Crippen molar-refractivity contribution in [3.05, 3.63) is 23.8 Å². The molecule has 1 fully saturated rings. The van der Waals surface area contributed by atoms with Crippen LogP contribution in [-0.4, -0.2) is 35.2 Å². The van der Waals surface area contributed by atoms with Crippen LogP contribution in [0, 0.1) is 0 Å². The van der Waals surface area contributed by atoms with Gasteiger partial charge >= 0.3 is 0 Å². The summed E-state index contributed by atoms with van der Waals surface area (Å²) in [5.74, 6) is 0.756. The van der Waals surface area contributed by atoms with Crippen LogP contribution in [0.1, 0.15) is 30.9 Å². The fourth-order valence-electron chi connectivity index (χ4n) is 2.40. The highest BCUT2D eigenvalue weighted by Gasteiger charge is 2.28. The zero-order valence-electron chi connectivity index (χ0n) is 10.9. The minimum absolute atomic E-state index is 0.0166. The second kappa shape index (κ2) is 5.13. The molecular formula is C14H15NO5. The maximum atomic E-state index is 11.7. The fraction of sp³-hybridized carbons (Fsp3) is 0.429. The monoisotopic (exact) mass is 277 g/mol. The molecule has 106 valence electrons. The molecule has 0 aromatic heterocycles. The maximum absolute atomic E-state index is 11.7. The summed E-state index contributed by atoms with van der Waals surface area (Å²) in [6, 6.07) is 5.09. The van der Waals surface area contributed by atoms with E-state index in [9.17, 15) is 14.7 Å². The van der Waals surface area contributed by atoms with Gasteiger partial charge in [-0.15, -0.1) is 0 Å². The number of nitrogens with zero attached hydrogens (tertiary/aromatic N) is 1. The lowest BCUT2D eigenvalue weighted by Crippen LogP contribution is -2.42. The molecule has 2 heterocycles. The number of piperidine rings is 1. The predicted octanol–water partition coefficient (Wildman–Crippen LogP) is 0.988. The summed E-state index contributed by atoms with van der Waals surface area (Å²) in [4.78, 5) is 24.6. The number of imide groups is 1. The smallest absolute Gasteiger partial charge is 0.231 e. The Morgan fingerprint density at radius 1 is 1.15 bits per heavy atom. The van der Waals surface area contributed by atoms with Gasteiger partial charge in [-0.25, -0.2) is 0 Å².